The fourth-order valence-corrected chi connectivity index (χ4v) is 10.5. The number of rotatable bonds is 66. The van der Waals surface area contributed by atoms with E-state index in [1.54, 1.807) is 0 Å². The molecule has 0 radical (unpaired) electrons. The maximum absolute atomic E-state index is 12.8. The summed E-state index contributed by atoms with van der Waals surface area (Å²) in [5.41, 5.74) is 5.40. The van der Waals surface area contributed by atoms with Gasteiger partial charge in [-0.15, -0.1) is 0 Å². The van der Waals surface area contributed by atoms with Gasteiger partial charge in [-0.2, -0.15) is 0 Å². The molecule has 0 aromatic heterocycles. The number of nitrogens with two attached hydrogens (primary N) is 1. The fraction of sp³-hybridized carbons (Fsp3) is 0.688. The maximum atomic E-state index is 12.8. The number of hydrogen-bond donors (Lipinski definition) is 2. The van der Waals surface area contributed by atoms with Crippen LogP contribution in [0.4, 0.5) is 0 Å². The minimum atomic E-state index is -4.41. The van der Waals surface area contributed by atoms with Crippen LogP contribution in [0.15, 0.2) is 134 Å². The van der Waals surface area contributed by atoms with Gasteiger partial charge in [-0.1, -0.05) is 314 Å². The fourth-order valence-electron chi connectivity index (χ4n) is 9.78. The molecule has 9 nitrogen and oxygen atoms in total. The van der Waals surface area contributed by atoms with Crippen LogP contribution in [0.3, 0.4) is 0 Å². The third-order valence-electron chi connectivity index (χ3n) is 15.0. The van der Waals surface area contributed by atoms with E-state index in [9.17, 15) is 19.0 Å². The Balaban J connectivity index is 3.94. The van der Waals surface area contributed by atoms with Crippen LogP contribution in [-0.4, -0.2) is 49.3 Å². The highest BCUT2D eigenvalue weighted by Crippen LogP contribution is 2.43. The first-order valence-corrected chi connectivity index (χ1v) is 37.2. The minimum absolute atomic E-state index is 0.0444. The first kappa shape index (κ1) is 83.2. The molecule has 3 N–H and O–H groups in total. The standard InChI is InChI=1S/C77H132NO8P/c1-3-5-7-9-11-13-15-17-19-21-23-25-27-29-31-33-35-37-39-41-43-45-47-49-51-53-55-57-59-61-63-65-67-69-76(79)83-73-75(74-85-87(81,82)84-72-71-78)86-77(80)70-68-66-64-62-60-58-56-54-52-50-48-46-44-42-40-38-36-34-32-30-28-26-24-22-20-18-16-14-12-10-8-6-4-2/h6,8,12,14-15,17-18,20-21,23-24,26,30,32,36,38,42,44,48,50,54,56,75H,3-5,7,9-11,13,16,19,22,25,27-29,31,33-35,37,39-41,43,45-47,49,51-53,55,57-74,78H2,1-2H3,(H,81,82)/b8-6-,14-12-,17-15-,20-18-,23-21-,26-24-,32-30-,38-36-,44-42-,50-48-,56-54-. The molecule has 10 heteroatoms. The van der Waals surface area contributed by atoms with Crippen LogP contribution >= 0.6 is 7.82 Å². The highest BCUT2D eigenvalue weighted by atomic mass is 31.2. The van der Waals surface area contributed by atoms with E-state index in [0.717, 1.165) is 116 Å². The third kappa shape index (κ3) is 71.1. The molecule has 498 valence electrons. The van der Waals surface area contributed by atoms with Gasteiger partial charge in [-0.05, 0) is 116 Å². The summed E-state index contributed by atoms with van der Waals surface area (Å²) in [5, 5.41) is 0. The van der Waals surface area contributed by atoms with Crippen molar-refractivity contribution in [3.05, 3.63) is 134 Å². The van der Waals surface area contributed by atoms with Crippen LogP contribution in [0.25, 0.3) is 0 Å². The smallest absolute Gasteiger partial charge is 0.462 e. The lowest BCUT2D eigenvalue weighted by Gasteiger charge is -2.19. The molecule has 0 spiro atoms. The van der Waals surface area contributed by atoms with E-state index in [4.69, 9.17) is 24.3 Å². The van der Waals surface area contributed by atoms with Gasteiger partial charge >= 0.3 is 19.8 Å². The number of ether oxygens (including phenoxy) is 2. The number of allylic oxidation sites excluding steroid dienone is 22. The predicted molar refractivity (Wildman–Crippen MR) is 376 cm³/mol. The number of unbranched alkanes of at least 4 members (excludes halogenated alkanes) is 31. The summed E-state index contributed by atoms with van der Waals surface area (Å²) in [6.07, 6.45) is 101. The van der Waals surface area contributed by atoms with Crippen LogP contribution in [0, 0.1) is 0 Å². The van der Waals surface area contributed by atoms with Gasteiger partial charge in [0.2, 0.25) is 0 Å². The third-order valence-corrected chi connectivity index (χ3v) is 16.0. The lowest BCUT2D eigenvalue weighted by Crippen LogP contribution is -2.29. The summed E-state index contributed by atoms with van der Waals surface area (Å²) in [5.74, 6) is -0.848. The van der Waals surface area contributed by atoms with Gasteiger partial charge in [0.1, 0.15) is 6.61 Å². The number of carbonyl (C=O) groups excluding carboxylic acids is 2. The van der Waals surface area contributed by atoms with Crippen molar-refractivity contribution in [2.24, 2.45) is 5.73 Å². The van der Waals surface area contributed by atoms with E-state index in [2.05, 4.69) is 148 Å². The van der Waals surface area contributed by atoms with E-state index in [1.165, 1.54) is 161 Å². The highest BCUT2D eigenvalue weighted by Gasteiger charge is 2.26. The van der Waals surface area contributed by atoms with Crippen LogP contribution in [0.2, 0.25) is 0 Å². The molecule has 0 heterocycles. The summed E-state index contributed by atoms with van der Waals surface area (Å²) in [6.45, 7) is 3.62. The Morgan fingerprint density at radius 2 is 0.632 bits per heavy atom. The average Bonchev–Trinajstić information content (AvgIpc) is 3.64. The molecule has 0 aromatic carbocycles. The van der Waals surface area contributed by atoms with Crippen molar-refractivity contribution in [1.29, 1.82) is 0 Å². The van der Waals surface area contributed by atoms with Crippen molar-refractivity contribution >= 4 is 19.8 Å². The SMILES string of the molecule is CC/C=C\C/C=C\C/C=C\C/C=C\C/C=C\C/C=C\C/C=C\C/C=C\C/C=C\CCCCCCCC(=O)OC(COC(=O)CCCCCCCCCCCCCCCCCCCCCCC/C=C\C/C=C\CCCCCCC)COP(=O)(O)OCCN. The number of phosphoric acid groups is 1. The predicted octanol–water partition coefficient (Wildman–Crippen LogP) is 23.6. The molecule has 0 amide bonds. The molecule has 0 aliphatic heterocycles. The van der Waals surface area contributed by atoms with Gasteiger partial charge in [-0.25, -0.2) is 4.57 Å². The average molecular weight is 1230 g/mol. The zero-order chi connectivity index (χ0) is 63.0. The molecule has 0 aliphatic carbocycles. The first-order chi connectivity index (χ1) is 42.8. The summed E-state index contributed by atoms with van der Waals surface area (Å²) >= 11 is 0. The summed E-state index contributed by atoms with van der Waals surface area (Å²) in [4.78, 5) is 35.4. The first-order valence-electron chi connectivity index (χ1n) is 35.7. The Hall–Kier alpha value is -3.85. The summed E-state index contributed by atoms with van der Waals surface area (Å²) < 4.78 is 33.2. The molecule has 0 aliphatic rings. The number of esters is 2. The van der Waals surface area contributed by atoms with Gasteiger partial charge in [0.15, 0.2) is 6.10 Å². The van der Waals surface area contributed by atoms with Crippen LogP contribution in [0.5, 0.6) is 0 Å². The largest absolute Gasteiger partial charge is 0.472 e. The van der Waals surface area contributed by atoms with Crippen LogP contribution in [0.1, 0.15) is 309 Å². The van der Waals surface area contributed by atoms with Crippen LogP contribution < -0.4 is 5.73 Å². The zero-order valence-electron chi connectivity index (χ0n) is 56.0. The topological polar surface area (TPSA) is 134 Å². The van der Waals surface area contributed by atoms with E-state index in [1.807, 2.05) is 0 Å². The Bertz CT molecular complexity index is 1890. The van der Waals surface area contributed by atoms with Crippen molar-refractivity contribution in [2.45, 2.75) is 315 Å². The Labute approximate surface area is 535 Å². The van der Waals surface area contributed by atoms with Crippen molar-refractivity contribution in [3.63, 3.8) is 0 Å². The molecule has 2 unspecified atom stereocenters. The van der Waals surface area contributed by atoms with Crippen molar-refractivity contribution in [3.8, 4) is 0 Å². The van der Waals surface area contributed by atoms with Gasteiger partial charge in [0.25, 0.3) is 0 Å². The number of phosphoric ester groups is 1. The van der Waals surface area contributed by atoms with Gasteiger partial charge in [0.05, 0.1) is 13.2 Å². The van der Waals surface area contributed by atoms with Gasteiger partial charge in [0, 0.05) is 19.4 Å². The van der Waals surface area contributed by atoms with Crippen LogP contribution in [-0.2, 0) is 32.7 Å². The number of hydrogen-bond acceptors (Lipinski definition) is 8. The maximum Gasteiger partial charge on any atom is 0.472 e. The lowest BCUT2D eigenvalue weighted by atomic mass is 10.0. The molecule has 0 rings (SSSR count). The Kier molecular flexibility index (Phi) is 68.1. The normalized spacial score (nSPS) is 13.7. The minimum Gasteiger partial charge on any atom is -0.462 e. The molecule has 0 saturated carbocycles. The van der Waals surface area contributed by atoms with E-state index in [-0.39, 0.29) is 38.6 Å². The van der Waals surface area contributed by atoms with E-state index in [0.29, 0.717) is 6.42 Å². The molecular formula is C77H132NO8P. The Morgan fingerprint density at radius 3 is 0.943 bits per heavy atom. The van der Waals surface area contributed by atoms with E-state index < -0.39 is 26.5 Å². The van der Waals surface area contributed by atoms with Gasteiger partial charge in [-0.3, -0.25) is 18.6 Å². The molecule has 0 saturated heterocycles. The summed E-state index contributed by atoms with van der Waals surface area (Å²) in [6, 6.07) is 0. The molecule has 0 fully saturated rings. The Morgan fingerprint density at radius 1 is 0.356 bits per heavy atom. The monoisotopic (exact) mass is 1230 g/mol. The molecular weight excluding hydrogens is 1100 g/mol. The van der Waals surface area contributed by atoms with Crippen molar-refractivity contribution in [1.82, 2.24) is 0 Å². The second-order valence-electron chi connectivity index (χ2n) is 23.4. The molecule has 87 heavy (non-hydrogen) atoms. The summed E-state index contributed by atoms with van der Waals surface area (Å²) in [7, 11) is -4.41. The highest BCUT2D eigenvalue weighted by molar-refractivity contribution is 7.47. The van der Waals surface area contributed by atoms with Crippen molar-refractivity contribution in [2.75, 3.05) is 26.4 Å². The molecule has 2 atom stereocenters. The van der Waals surface area contributed by atoms with Crippen molar-refractivity contribution < 1.29 is 37.6 Å². The molecule has 0 aromatic rings. The van der Waals surface area contributed by atoms with Gasteiger partial charge < -0.3 is 20.1 Å². The number of carbonyl (C=O) groups is 2. The second kappa shape index (κ2) is 71.2. The molecule has 0 bridgehead atoms. The zero-order valence-corrected chi connectivity index (χ0v) is 56.9. The second-order valence-corrected chi connectivity index (χ2v) is 24.8. The lowest BCUT2D eigenvalue weighted by molar-refractivity contribution is -0.161. The van der Waals surface area contributed by atoms with E-state index >= 15 is 0 Å². The quantitative estimate of drug-likeness (QED) is 0.0264.